The van der Waals surface area contributed by atoms with Crippen molar-refractivity contribution in [2.75, 3.05) is 20.4 Å². The molecule has 15 atom stereocenters. The summed E-state index contributed by atoms with van der Waals surface area (Å²) in [5.41, 5.74) is 6.89. The molecule has 9 aliphatic rings. The van der Waals surface area contributed by atoms with Crippen LogP contribution in [-0.4, -0.2) is 223 Å². The fraction of sp³-hybridized carbons (Fsp3) is 0.352. The number of hydrogen-bond donors (Lipinski definition) is 12. The van der Waals surface area contributed by atoms with E-state index in [1.807, 2.05) is 0 Å². The Kier molecular flexibility index (Phi) is 26.4. The maximum Gasteiger partial charge on any atom is 0.359 e. The molecule has 3 fully saturated rings. The highest BCUT2D eigenvalue weighted by molar-refractivity contribution is 6.75. The number of aliphatic hydroxyl groups is 12. The standard InChI is InChI=1S/C32H28N2O12.C30H27NO12.C29H25Cl3O12/c1-14-26(37)29(45-30(39)21-9-33-4-5-34-21)27(38)32(44-14)46-28-19-7-17(11-36)16(10-35)6-18(19)24(25-20(28)12-41-31(25)40)15-2-3-22-23(8-15)43-13-42-22;1-13-25(35)28(42-22(34)4-5-31)26(36)30(41-13)43-27-18-7-16(10-33)15(9-32)6-17(18)23(24-19(27)11-38-29(24)37)14-2-3-20-21(8-14)40-12-39-20;1-11-22(35)25(44-28(38)29(30,31)32)23(36)27(42-11)43-24-16-5-14(8-34)13(7-33)4-15(16)20(21-17(24)9-39-26(21)37)12-2-3-18-19(6-12)41-10-40-18/h2-9,14,26-27,29,32,35-38H,10-13H2,1H3;2-3,6-8,13,25-26,28,30,32-33,35-36H,4,9-12H2,1H3;2-6,11,22-23,25,27,33-36H,7-10H2,1H3/t14-,26-,27-,29+,32?;13-,25-,26-,28+,30?;11-,22-,23-,25+,27?/m111/s1. The van der Waals surface area contributed by atoms with Gasteiger partial charge in [0.15, 0.2) is 76.8 Å². The molecule has 12 N–H and O–H groups in total. The van der Waals surface area contributed by atoms with E-state index in [0.29, 0.717) is 150 Å². The van der Waals surface area contributed by atoms with Crippen LogP contribution in [0.25, 0.3) is 65.7 Å². The third-order valence-corrected chi connectivity index (χ3v) is 24.2. The molecule has 0 bridgehead atoms. The lowest BCUT2D eigenvalue weighted by molar-refractivity contribution is -0.272. The van der Waals surface area contributed by atoms with Crippen molar-refractivity contribution in [2.45, 2.75) is 183 Å². The van der Waals surface area contributed by atoms with Crippen LogP contribution in [0.3, 0.4) is 0 Å². The number of carbonyl (C=O) groups excluding carboxylic acids is 6. The lowest BCUT2D eigenvalue weighted by Crippen LogP contribution is -2.60. The number of esters is 6. The van der Waals surface area contributed by atoms with E-state index >= 15 is 0 Å². The molecule has 1 aromatic heterocycles. The van der Waals surface area contributed by atoms with E-state index in [1.54, 1.807) is 97.1 Å². The van der Waals surface area contributed by atoms with E-state index < -0.39 is 178 Å². The van der Waals surface area contributed by atoms with Crippen molar-refractivity contribution in [3.05, 3.63) is 182 Å². The van der Waals surface area contributed by atoms with Crippen LogP contribution < -0.4 is 42.6 Å². The first-order chi connectivity index (χ1) is 64.0. The summed E-state index contributed by atoms with van der Waals surface area (Å²) in [6.07, 6.45) is -18.4. The second-order valence-corrected chi connectivity index (χ2v) is 33.9. The van der Waals surface area contributed by atoms with Gasteiger partial charge in [0.2, 0.25) is 39.2 Å². The minimum absolute atomic E-state index is 0.0375. The second kappa shape index (κ2) is 37.9. The Morgan fingerprint density at radius 2 is 0.729 bits per heavy atom. The maximum atomic E-state index is 13.3. The molecule has 10 heterocycles. The van der Waals surface area contributed by atoms with E-state index in [0.717, 1.165) is 0 Å². The third kappa shape index (κ3) is 17.4. The van der Waals surface area contributed by atoms with Gasteiger partial charge in [-0.05, 0) is 160 Å². The minimum atomic E-state index is -2.48. The summed E-state index contributed by atoms with van der Waals surface area (Å²) < 4.78 is 98.8. The molecule has 133 heavy (non-hydrogen) atoms. The molecule has 0 radical (unpaired) electrons. The Labute approximate surface area is 765 Å². The van der Waals surface area contributed by atoms with Crippen LogP contribution in [0.15, 0.2) is 110 Å². The number of halogens is 3. The third-order valence-electron chi connectivity index (χ3n) is 23.7. The van der Waals surface area contributed by atoms with Gasteiger partial charge in [0.05, 0.1) is 86.9 Å². The fourth-order valence-electron chi connectivity index (χ4n) is 17.1. The van der Waals surface area contributed by atoms with Gasteiger partial charge in [0.1, 0.15) is 61.8 Å². The molecule has 3 saturated heterocycles. The normalized spacial score (nSPS) is 23.8. The predicted octanol–water partition coefficient (Wildman–Crippen LogP) is 6.33. The molecule has 3 unspecified atom stereocenters. The van der Waals surface area contributed by atoms with Crippen molar-refractivity contribution < 1.29 is 175 Å². The largest absolute Gasteiger partial charge is 0.461 e. The van der Waals surface area contributed by atoms with Gasteiger partial charge >= 0.3 is 35.8 Å². The van der Waals surface area contributed by atoms with Gasteiger partial charge in [-0.3, -0.25) is 9.78 Å². The monoisotopic (exact) mass is 1900 g/mol. The molecule has 19 rings (SSSR count). The van der Waals surface area contributed by atoms with Crippen LogP contribution in [-0.2, 0) is 112 Å². The number of nitriles is 1. The van der Waals surface area contributed by atoms with Gasteiger partial charge in [-0.15, -0.1) is 0 Å². The van der Waals surface area contributed by atoms with Gasteiger partial charge in [-0.25, -0.2) is 29.0 Å². The number of nitrogens with zero attached hydrogens (tertiary/aromatic N) is 3. The van der Waals surface area contributed by atoms with Gasteiger partial charge in [-0.1, -0.05) is 53.0 Å². The average Bonchev–Trinajstić information content (AvgIpc) is 1.72. The van der Waals surface area contributed by atoms with E-state index in [9.17, 15) is 90.0 Å². The number of benzene rings is 9. The lowest BCUT2D eigenvalue weighted by atomic mass is 9.87. The summed E-state index contributed by atoms with van der Waals surface area (Å²) in [4.78, 5) is 84.7. The van der Waals surface area contributed by atoms with Gasteiger partial charge < -0.3 is 147 Å². The van der Waals surface area contributed by atoms with Gasteiger partial charge in [0.25, 0.3) is 3.79 Å². The van der Waals surface area contributed by atoms with Crippen LogP contribution >= 0.6 is 34.8 Å². The van der Waals surface area contributed by atoms with Crippen molar-refractivity contribution in [3.63, 3.8) is 0 Å². The molecule has 9 aliphatic heterocycles. The Morgan fingerprint density at radius 1 is 0.414 bits per heavy atom. The highest BCUT2D eigenvalue weighted by atomic mass is 35.6. The molecule has 0 amide bonds. The number of aromatic nitrogens is 2. The fourth-order valence-corrected chi connectivity index (χ4v) is 17.2. The lowest BCUT2D eigenvalue weighted by Gasteiger charge is -2.41. The number of carbonyl (C=O) groups is 6. The van der Waals surface area contributed by atoms with E-state index in [2.05, 4.69) is 9.97 Å². The van der Waals surface area contributed by atoms with Crippen LogP contribution in [0, 0.1) is 11.3 Å². The molecular formula is C91H80Cl3N3O36. The number of aliphatic hydroxyl groups excluding tert-OH is 12. The van der Waals surface area contributed by atoms with Crippen molar-refractivity contribution in [1.29, 1.82) is 5.26 Å². The van der Waals surface area contributed by atoms with Crippen LogP contribution in [0.4, 0.5) is 0 Å². The van der Waals surface area contributed by atoms with Crippen molar-refractivity contribution in [2.24, 2.45) is 0 Å². The Morgan fingerprint density at radius 3 is 1.04 bits per heavy atom. The van der Waals surface area contributed by atoms with Crippen LogP contribution in [0.2, 0.25) is 0 Å². The van der Waals surface area contributed by atoms with E-state index in [1.165, 1.54) is 39.4 Å². The first-order valence-electron chi connectivity index (χ1n) is 41.1. The quantitative estimate of drug-likeness (QED) is 0.0225. The number of alkyl halides is 3. The molecule has 39 nitrogen and oxygen atoms in total. The number of rotatable bonds is 20. The van der Waals surface area contributed by atoms with E-state index in [-0.39, 0.29) is 79.8 Å². The summed E-state index contributed by atoms with van der Waals surface area (Å²) in [5, 5.41) is 138. The van der Waals surface area contributed by atoms with Crippen molar-refractivity contribution >= 4 is 103 Å². The van der Waals surface area contributed by atoms with Gasteiger partial charge in [0, 0.05) is 61.9 Å². The summed E-state index contributed by atoms with van der Waals surface area (Å²) in [6, 6.07) is 26.9. The van der Waals surface area contributed by atoms with Gasteiger partial charge in [-0.2, -0.15) is 5.26 Å². The van der Waals surface area contributed by atoms with Crippen LogP contribution in [0.1, 0.15) is 119 Å². The molecule has 9 aromatic carbocycles. The summed E-state index contributed by atoms with van der Waals surface area (Å²) >= 11 is 16.9. The molecule has 42 heteroatoms. The average molecular weight is 1900 g/mol. The number of fused-ring (bicyclic) bond motifs is 9. The first kappa shape index (κ1) is 92.5. The highest BCUT2D eigenvalue weighted by Gasteiger charge is 2.53. The van der Waals surface area contributed by atoms with Crippen molar-refractivity contribution in [3.8, 4) is 91.2 Å². The Bertz CT molecular complexity index is 6370. The molecule has 10 aromatic rings. The minimum Gasteiger partial charge on any atom is -0.461 e. The number of ether oxygens (including phenoxy) is 18. The highest BCUT2D eigenvalue weighted by Crippen LogP contribution is 2.54. The summed E-state index contributed by atoms with van der Waals surface area (Å²) in [6.45, 7) is 1.54. The first-order valence-corrected chi connectivity index (χ1v) is 42.3. The zero-order valence-electron chi connectivity index (χ0n) is 69.9. The Hall–Kier alpha value is -12.4. The number of hydrogen-bond acceptors (Lipinski definition) is 39. The SMILES string of the molecule is C[C@H]1OC(Oc2c3c(c(-c4ccc5c(c4)OCO5)c4cc(CO)c(CO)cc24)C(=O)OC3)[C@H](O)[C@@H](OC(=O)C(Cl)(Cl)Cl)[C@@H]1O.C[C@H]1OC(Oc2c3c(c(-c4ccc5c(c4)OCO5)c4cc(CO)c(CO)cc24)C(=O)OC3)[C@H](O)[C@@H](OC(=O)CC#N)[C@@H]1O.C[C@H]1OC(Oc2c3c(c(-c4ccc5c(c4)OCO5)c4cc(CO)c(CO)cc24)C(=O)OC3)[C@H](O)[C@@H](OC(=O)c2cnccn2)[C@@H]1O. The van der Waals surface area contributed by atoms with Crippen LogP contribution in [0.5, 0.6) is 51.7 Å². The van der Waals surface area contributed by atoms with E-state index in [4.69, 9.17) is 125 Å². The Balaban J connectivity index is 0.000000139. The zero-order valence-corrected chi connectivity index (χ0v) is 72.2. The topological polar surface area (TPSA) is 561 Å². The molecule has 696 valence electrons. The molecular weight excluding hydrogens is 1820 g/mol. The summed E-state index contributed by atoms with van der Waals surface area (Å²) in [5.74, 6) is -1.84. The molecule has 0 aliphatic carbocycles. The second-order valence-electron chi connectivity index (χ2n) is 31.6. The smallest absolute Gasteiger partial charge is 0.359 e. The predicted molar refractivity (Wildman–Crippen MR) is 452 cm³/mol. The summed E-state index contributed by atoms with van der Waals surface area (Å²) in [7, 11) is 0. The maximum absolute atomic E-state index is 13.3. The van der Waals surface area contributed by atoms with Crippen molar-refractivity contribution in [1.82, 2.24) is 9.97 Å². The zero-order chi connectivity index (χ0) is 94.0. The molecule has 0 saturated carbocycles. The molecule has 0 spiro atoms. The number of cyclic esters (lactones) is 3.